The van der Waals surface area contributed by atoms with Gasteiger partial charge in [0, 0.05) is 25.0 Å². The van der Waals surface area contributed by atoms with E-state index < -0.39 is 9.84 Å². The van der Waals surface area contributed by atoms with Crippen LogP contribution in [0.3, 0.4) is 0 Å². The largest absolute Gasteiger partial charge is 0.354 e. The van der Waals surface area contributed by atoms with Gasteiger partial charge in [0.1, 0.15) is 9.84 Å². The summed E-state index contributed by atoms with van der Waals surface area (Å²) in [6, 6.07) is 10.6. The highest BCUT2D eigenvalue weighted by Gasteiger charge is 2.50. The molecule has 3 aliphatic rings. The fraction of sp³-hybridized carbons (Fsp3) is 0.680. The van der Waals surface area contributed by atoms with Crippen molar-refractivity contribution in [1.29, 1.82) is 0 Å². The van der Waals surface area contributed by atoms with Crippen LogP contribution in [0.1, 0.15) is 50.5 Å². The number of nitrogens with zero attached hydrogens (tertiary/aromatic N) is 2. The first-order valence-corrected chi connectivity index (χ1v) is 13.9. The van der Waals surface area contributed by atoms with Gasteiger partial charge in [-0.25, -0.2) is 8.42 Å². The van der Waals surface area contributed by atoms with Crippen molar-refractivity contribution in [2.24, 2.45) is 11.3 Å². The van der Waals surface area contributed by atoms with Gasteiger partial charge < -0.3 is 10.2 Å². The predicted octanol–water partition coefficient (Wildman–Crippen LogP) is 2.18. The first-order chi connectivity index (χ1) is 15.6. The minimum Gasteiger partial charge on any atom is -0.354 e. The first kappa shape index (κ1) is 24.2. The Morgan fingerprint density at radius 3 is 2.33 bits per heavy atom. The van der Waals surface area contributed by atoms with Crippen LogP contribution in [-0.2, 0) is 25.0 Å². The summed E-state index contributed by atoms with van der Waals surface area (Å²) < 4.78 is 23.1. The Hall–Kier alpha value is -1.93. The van der Waals surface area contributed by atoms with Crippen LogP contribution < -0.4 is 5.32 Å². The molecule has 2 aliphatic heterocycles. The van der Waals surface area contributed by atoms with Crippen LogP contribution in [0.4, 0.5) is 0 Å². The first-order valence-electron chi connectivity index (χ1n) is 12.1. The lowest BCUT2D eigenvalue weighted by Gasteiger charge is -2.48. The number of sulfone groups is 1. The highest BCUT2D eigenvalue weighted by atomic mass is 32.2. The van der Waals surface area contributed by atoms with Crippen LogP contribution in [0.15, 0.2) is 30.3 Å². The van der Waals surface area contributed by atoms with Crippen LogP contribution in [0.2, 0.25) is 0 Å². The lowest BCUT2D eigenvalue weighted by atomic mass is 9.64. The smallest absolute Gasteiger partial charge is 0.239 e. The van der Waals surface area contributed by atoms with Crippen molar-refractivity contribution in [3.8, 4) is 0 Å². The van der Waals surface area contributed by atoms with Crippen LogP contribution in [-0.4, -0.2) is 75.3 Å². The molecule has 2 heterocycles. The van der Waals surface area contributed by atoms with Gasteiger partial charge >= 0.3 is 0 Å². The van der Waals surface area contributed by atoms with Gasteiger partial charge in [0.2, 0.25) is 11.8 Å². The fourth-order valence-electron chi connectivity index (χ4n) is 6.03. The lowest BCUT2D eigenvalue weighted by molar-refractivity contribution is -0.133. The van der Waals surface area contributed by atoms with Crippen molar-refractivity contribution in [3.05, 3.63) is 35.9 Å². The van der Waals surface area contributed by atoms with Gasteiger partial charge in [0.15, 0.2) is 0 Å². The van der Waals surface area contributed by atoms with Crippen LogP contribution in [0.25, 0.3) is 0 Å². The van der Waals surface area contributed by atoms with Gasteiger partial charge in [-0.05, 0) is 69.5 Å². The molecule has 0 aromatic heterocycles. The number of nitrogens with one attached hydrogen (secondary N) is 1. The molecule has 1 aromatic rings. The monoisotopic (exact) mass is 475 g/mol. The molecule has 8 heteroatoms. The molecule has 2 amide bonds. The van der Waals surface area contributed by atoms with E-state index in [1.165, 1.54) is 5.56 Å². The number of benzene rings is 1. The summed E-state index contributed by atoms with van der Waals surface area (Å²) in [7, 11) is 1.39. The summed E-state index contributed by atoms with van der Waals surface area (Å²) in [5.41, 5.74) is 1.29. The Morgan fingerprint density at radius 2 is 1.73 bits per heavy atom. The molecule has 0 unspecified atom stereocenters. The standard InChI is InChI=1S/C25H37N3O4S/c1-27(2)25(21-6-4-3-5-7-21)12-10-24(11-13-25)16-23(30)28(19-24)18-22(29)26-17-20-8-14-33(31,32)15-9-20/h3-7,20H,8-19H2,1-2H3,(H,26,29). The normalized spacial score (nSPS) is 27.2. The third kappa shape index (κ3) is 5.27. The third-order valence-corrected chi connectivity index (χ3v) is 10.0. The second kappa shape index (κ2) is 9.37. The summed E-state index contributed by atoms with van der Waals surface area (Å²) in [6.07, 6.45) is 5.68. The number of likely N-dealkylation sites (tertiary alicyclic amines) is 1. The number of carbonyl (C=O) groups excluding carboxylic acids is 2. The number of amides is 2. The Kier molecular flexibility index (Phi) is 6.87. The van der Waals surface area contributed by atoms with Gasteiger partial charge in [0.05, 0.1) is 18.1 Å². The predicted molar refractivity (Wildman–Crippen MR) is 128 cm³/mol. The molecule has 1 N–H and O–H groups in total. The minimum atomic E-state index is -2.90. The average molecular weight is 476 g/mol. The van der Waals surface area contributed by atoms with E-state index >= 15 is 0 Å². The third-order valence-electron chi connectivity index (χ3n) is 8.31. The molecule has 1 aromatic carbocycles. The van der Waals surface area contributed by atoms with Gasteiger partial charge in [-0.15, -0.1) is 0 Å². The molecule has 182 valence electrons. The summed E-state index contributed by atoms with van der Waals surface area (Å²) in [6.45, 7) is 1.24. The van der Waals surface area contributed by atoms with Crippen LogP contribution in [0, 0.1) is 11.3 Å². The molecule has 1 aliphatic carbocycles. The topological polar surface area (TPSA) is 86.8 Å². The summed E-state index contributed by atoms with van der Waals surface area (Å²) >= 11 is 0. The summed E-state index contributed by atoms with van der Waals surface area (Å²) in [5, 5.41) is 2.93. The molecule has 3 fully saturated rings. The van der Waals surface area contributed by atoms with Gasteiger partial charge in [-0.3, -0.25) is 14.5 Å². The zero-order chi connectivity index (χ0) is 23.7. The summed E-state index contributed by atoms with van der Waals surface area (Å²) in [4.78, 5) is 29.4. The van der Waals surface area contributed by atoms with E-state index in [1.54, 1.807) is 4.90 Å². The highest BCUT2D eigenvalue weighted by Crippen LogP contribution is 2.52. The minimum absolute atomic E-state index is 0.00612. The maximum Gasteiger partial charge on any atom is 0.239 e. The van der Waals surface area contributed by atoms with E-state index in [-0.39, 0.29) is 46.7 Å². The van der Waals surface area contributed by atoms with Gasteiger partial charge in [-0.1, -0.05) is 30.3 Å². The quantitative estimate of drug-likeness (QED) is 0.682. The fourth-order valence-corrected chi connectivity index (χ4v) is 7.62. The molecule has 0 bridgehead atoms. The zero-order valence-electron chi connectivity index (χ0n) is 19.9. The molecule has 1 spiro atoms. The Labute approximate surface area is 197 Å². The lowest BCUT2D eigenvalue weighted by Crippen LogP contribution is -2.47. The van der Waals surface area contributed by atoms with Crippen molar-refractivity contribution >= 4 is 21.7 Å². The average Bonchev–Trinajstić information content (AvgIpc) is 3.08. The number of hydrogen-bond acceptors (Lipinski definition) is 5. The molecular weight excluding hydrogens is 438 g/mol. The van der Waals surface area contributed by atoms with E-state index in [0.717, 1.165) is 25.7 Å². The molecule has 7 nitrogen and oxygen atoms in total. The van der Waals surface area contributed by atoms with E-state index in [1.807, 2.05) is 6.07 Å². The van der Waals surface area contributed by atoms with E-state index in [2.05, 4.69) is 48.6 Å². The molecular formula is C25H37N3O4S. The van der Waals surface area contributed by atoms with Gasteiger partial charge in [-0.2, -0.15) is 0 Å². The number of rotatable bonds is 6. The zero-order valence-corrected chi connectivity index (χ0v) is 20.7. The van der Waals surface area contributed by atoms with Crippen molar-refractivity contribution < 1.29 is 18.0 Å². The van der Waals surface area contributed by atoms with Crippen LogP contribution >= 0.6 is 0 Å². The summed E-state index contributed by atoms with van der Waals surface area (Å²) in [5.74, 6) is 0.548. The van der Waals surface area contributed by atoms with Crippen LogP contribution in [0.5, 0.6) is 0 Å². The molecule has 0 radical (unpaired) electrons. The Morgan fingerprint density at radius 1 is 1.09 bits per heavy atom. The van der Waals surface area contributed by atoms with Crippen molar-refractivity contribution in [2.75, 3.05) is 45.2 Å². The molecule has 33 heavy (non-hydrogen) atoms. The highest BCUT2D eigenvalue weighted by molar-refractivity contribution is 7.91. The van der Waals surface area contributed by atoms with Crippen molar-refractivity contribution in [2.45, 2.75) is 50.5 Å². The van der Waals surface area contributed by atoms with Crippen molar-refractivity contribution in [1.82, 2.24) is 15.1 Å². The van der Waals surface area contributed by atoms with E-state index in [0.29, 0.717) is 32.4 Å². The Balaban J connectivity index is 1.31. The second-order valence-electron chi connectivity index (χ2n) is 10.6. The number of hydrogen-bond donors (Lipinski definition) is 1. The van der Waals surface area contributed by atoms with E-state index in [9.17, 15) is 18.0 Å². The molecule has 4 rings (SSSR count). The molecule has 1 saturated carbocycles. The van der Waals surface area contributed by atoms with Crippen molar-refractivity contribution in [3.63, 3.8) is 0 Å². The molecule has 0 atom stereocenters. The van der Waals surface area contributed by atoms with E-state index in [4.69, 9.17) is 0 Å². The Bertz CT molecular complexity index is 955. The molecule has 2 saturated heterocycles. The second-order valence-corrected chi connectivity index (χ2v) is 12.9. The maximum atomic E-state index is 12.8. The van der Waals surface area contributed by atoms with Gasteiger partial charge in [0.25, 0.3) is 0 Å². The SMILES string of the molecule is CN(C)C1(c2ccccc2)CCC2(CC1)CC(=O)N(CC(=O)NCC1CCS(=O)(=O)CC1)C2. The number of carbonyl (C=O) groups is 2. The maximum absolute atomic E-state index is 12.8.